The van der Waals surface area contributed by atoms with Gasteiger partial charge in [-0.2, -0.15) is 9.78 Å². The van der Waals surface area contributed by atoms with E-state index in [1.165, 1.54) is 6.20 Å². The predicted octanol–water partition coefficient (Wildman–Crippen LogP) is 1.58. The molecule has 0 bridgehead atoms. The van der Waals surface area contributed by atoms with Crippen LogP contribution < -0.4 is 11.1 Å². The van der Waals surface area contributed by atoms with Crippen LogP contribution in [0.5, 0.6) is 0 Å². The molecular weight excluding hydrogens is 296 g/mol. The van der Waals surface area contributed by atoms with E-state index in [0.717, 1.165) is 21.4 Å². The Labute approximate surface area is 130 Å². The van der Waals surface area contributed by atoms with E-state index in [2.05, 4.69) is 20.4 Å². The first-order valence-electron chi connectivity index (χ1n) is 7.08. The number of hydrogen-bond acceptors (Lipinski definition) is 4. The average molecular weight is 310 g/mol. The number of nitrogens with one attached hydrogen (secondary N) is 2. The number of hydrogen-bond donors (Lipinski definition) is 3. The molecule has 8 heteroatoms. The Morgan fingerprint density at radius 2 is 2.13 bits per heavy atom. The molecule has 0 saturated carbocycles. The van der Waals surface area contributed by atoms with E-state index in [-0.39, 0.29) is 5.91 Å². The second-order valence-electron chi connectivity index (χ2n) is 6.06. The summed E-state index contributed by atoms with van der Waals surface area (Å²) in [5.41, 5.74) is 8.33. The van der Waals surface area contributed by atoms with Gasteiger partial charge >= 0.3 is 6.03 Å². The number of rotatable bonds is 1. The topological polar surface area (TPSA) is 119 Å². The summed E-state index contributed by atoms with van der Waals surface area (Å²) in [4.78, 5) is 30.8. The highest BCUT2D eigenvalue weighted by Gasteiger charge is 2.38. The van der Waals surface area contributed by atoms with Gasteiger partial charge in [-0.1, -0.05) is 0 Å². The Morgan fingerprint density at radius 1 is 1.35 bits per heavy atom. The van der Waals surface area contributed by atoms with E-state index >= 15 is 0 Å². The van der Waals surface area contributed by atoms with Crippen LogP contribution in [0.2, 0.25) is 0 Å². The number of aromatic nitrogens is 4. The molecule has 2 amide bonds. The van der Waals surface area contributed by atoms with Crippen molar-refractivity contribution in [3.63, 3.8) is 0 Å². The van der Waals surface area contributed by atoms with Gasteiger partial charge in [-0.3, -0.25) is 4.79 Å². The lowest BCUT2D eigenvalue weighted by molar-refractivity contribution is -0.119. The molecule has 1 aliphatic rings. The van der Waals surface area contributed by atoms with Gasteiger partial charge in [-0.15, -0.1) is 0 Å². The molecule has 0 saturated heterocycles. The predicted molar refractivity (Wildman–Crippen MR) is 84.0 cm³/mol. The van der Waals surface area contributed by atoms with Crippen LogP contribution in [0.15, 0.2) is 24.4 Å². The molecule has 1 aliphatic heterocycles. The number of H-pyrrole nitrogens is 1. The van der Waals surface area contributed by atoms with Gasteiger partial charge < -0.3 is 16.0 Å². The SMILES string of the molecule is CC1(C)C(=O)Nc2cc3nc(-c4ccn(C(N)=O)n4)[nH]c3cc21. The number of imidazole rings is 1. The van der Waals surface area contributed by atoms with Gasteiger partial charge in [-0.05, 0) is 37.6 Å². The van der Waals surface area contributed by atoms with Gasteiger partial charge in [0.2, 0.25) is 5.91 Å². The van der Waals surface area contributed by atoms with Crippen molar-refractivity contribution in [1.82, 2.24) is 19.7 Å². The van der Waals surface area contributed by atoms with Crippen molar-refractivity contribution in [2.45, 2.75) is 19.3 Å². The van der Waals surface area contributed by atoms with Crippen LogP contribution in [0.25, 0.3) is 22.6 Å². The number of amides is 2. The molecule has 2 aromatic heterocycles. The van der Waals surface area contributed by atoms with Gasteiger partial charge in [0.1, 0.15) is 5.69 Å². The zero-order valence-electron chi connectivity index (χ0n) is 12.5. The molecule has 23 heavy (non-hydrogen) atoms. The summed E-state index contributed by atoms with van der Waals surface area (Å²) in [5.74, 6) is 0.508. The van der Waals surface area contributed by atoms with Crippen molar-refractivity contribution in [3.8, 4) is 11.5 Å². The van der Waals surface area contributed by atoms with Crippen molar-refractivity contribution in [1.29, 1.82) is 0 Å². The Morgan fingerprint density at radius 3 is 2.83 bits per heavy atom. The molecule has 8 nitrogen and oxygen atoms in total. The van der Waals surface area contributed by atoms with Crippen LogP contribution in [0.1, 0.15) is 19.4 Å². The summed E-state index contributed by atoms with van der Waals surface area (Å²) < 4.78 is 1.05. The first kappa shape index (κ1) is 13.5. The molecule has 4 N–H and O–H groups in total. The molecule has 0 atom stereocenters. The maximum absolute atomic E-state index is 12.0. The summed E-state index contributed by atoms with van der Waals surface area (Å²) >= 11 is 0. The summed E-state index contributed by atoms with van der Waals surface area (Å²) in [7, 11) is 0. The minimum atomic E-state index is -0.657. The molecule has 0 fully saturated rings. The molecule has 0 radical (unpaired) electrons. The third-order valence-electron chi connectivity index (χ3n) is 4.17. The van der Waals surface area contributed by atoms with Crippen LogP contribution in [0.4, 0.5) is 10.5 Å². The van der Waals surface area contributed by atoms with Crippen molar-refractivity contribution >= 4 is 28.7 Å². The number of fused-ring (bicyclic) bond motifs is 2. The standard InChI is InChI=1S/C15H14N6O2/c1-15(2)7-5-10-11(6-9(7)19-13(15)22)18-12(17-10)8-3-4-21(20-8)14(16)23/h3-6H,1-2H3,(H2,16,23)(H,17,18)(H,19,22). The van der Waals surface area contributed by atoms with Crippen molar-refractivity contribution in [3.05, 3.63) is 30.0 Å². The van der Waals surface area contributed by atoms with E-state index in [1.807, 2.05) is 26.0 Å². The first-order valence-corrected chi connectivity index (χ1v) is 7.08. The van der Waals surface area contributed by atoms with Crippen LogP contribution in [-0.2, 0) is 10.2 Å². The maximum Gasteiger partial charge on any atom is 0.339 e. The molecule has 3 aromatic rings. The molecule has 1 aromatic carbocycles. The Bertz CT molecular complexity index is 981. The largest absolute Gasteiger partial charge is 0.350 e. The van der Waals surface area contributed by atoms with Crippen LogP contribution in [-0.4, -0.2) is 31.7 Å². The molecular formula is C15H14N6O2. The molecule has 0 aliphatic carbocycles. The van der Waals surface area contributed by atoms with Crippen molar-refractivity contribution in [2.75, 3.05) is 5.32 Å². The zero-order chi connectivity index (χ0) is 16.4. The highest BCUT2D eigenvalue weighted by molar-refractivity contribution is 6.07. The van der Waals surface area contributed by atoms with E-state index in [1.54, 1.807) is 6.07 Å². The second kappa shape index (κ2) is 4.19. The normalized spacial score (nSPS) is 15.7. The van der Waals surface area contributed by atoms with Gasteiger partial charge in [0.15, 0.2) is 5.82 Å². The van der Waals surface area contributed by atoms with Gasteiger partial charge in [0.05, 0.1) is 16.4 Å². The third-order valence-corrected chi connectivity index (χ3v) is 4.17. The fraction of sp³-hybridized carbons (Fsp3) is 0.200. The number of benzene rings is 1. The number of nitrogens with two attached hydrogens (primary N) is 1. The average Bonchev–Trinajstić information content (AvgIpc) is 3.15. The Kier molecular flexibility index (Phi) is 2.46. The number of carbonyl (C=O) groups excluding carboxylic acids is 2. The summed E-state index contributed by atoms with van der Waals surface area (Å²) in [6, 6.07) is 4.75. The lowest BCUT2D eigenvalue weighted by Crippen LogP contribution is -2.26. The zero-order valence-corrected chi connectivity index (χ0v) is 12.5. The summed E-state index contributed by atoms with van der Waals surface area (Å²) in [6.45, 7) is 3.76. The lowest BCUT2D eigenvalue weighted by atomic mass is 9.86. The van der Waals surface area contributed by atoms with Crippen molar-refractivity contribution < 1.29 is 9.59 Å². The number of anilines is 1. The fourth-order valence-corrected chi connectivity index (χ4v) is 2.77. The molecule has 0 unspecified atom stereocenters. The monoisotopic (exact) mass is 310 g/mol. The highest BCUT2D eigenvalue weighted by atomic mass is 16.2. The fourth-order valence-electron chi connectivity index (χ4n) is 2.77. The third kappa shape index (κ3) is 1.84. The summed E-state index contributed by atoms with van der Waals surface area (Å²) in [5, 5.41) is 6.95. The molecule has 4 rings (SSSR count). The van der Waals surface area contributed by atoms with Gasteiger partial charge in [0.25, 0.3) is 0 Å². The minimum Gasteiger partial charge on any atom is -0.350 e. The van der Waals surface area contributed by atoms with Crippen LogP contribution >= 0.6 is 0 Å². The lowest BCUT2D eigenvalue weighted by Gasteiger charge is -2.14. The number of nitrogens with zero attached hydrogens (tertiary/aromatic N) is 3. The minimum absolute atomic E-state index is 0.0272. The van der Waals surface area contributed by atoms with E-state index in [0.29, 0.717) is 17.0 Å². The maximum atomic E-state index is 12.0. The summed E-state index contributed by atoms with van der Waals surface area (Å²) in [6.07, 6.45) is 1.48. The Balaban J connectivity index is 1.84. The van der Waals surface area contributed by atoms with Crippen LogP contribution in [0.3, 0.4) is 0 Å². The molecule has 0 spiro atoms. The first-order chi connectivity index (χ1) is 10.9. The van der Waals surface area contributed by atoms with Crippen LogP contribution in [0, 0.1) is 0 Å². The Hall–Kier alpha value is -3.16. The van der Waals surface area contributed by atoms with Crippen molar-refractivity contribution in [2.24, 2.45) is 5.73 Å². The second-order valence-corrected chi connectivity index (χ2v) is 6.06. The quantitative estimate of drug-likeness (QED) is 0.632. The smallest absolute Gasteiger partial charge is 0.339 e. The van der Waals surface area contributed by atoms with Gasteiger partial charge in [0, 0.05) is 11.9 Å². The number of primary amides is 1. The van der Waals surface area contributed by atoms with E-state index in [4.69, 9.17) is 5.73 Å². The van der Waals surface area contributed by atoms with E-state index in [9.17, 15) is 9.59 Å². The highest BCUT2D eigenvalue weighted by Crippen LogP contribution is 2.39. The molecule has 3 heterocycles. The molecule has 116 valence electrons. The van der Waals surface area contributed by atoms with E-state index < -0.39 is 11.4 Å². The van der Waals surface area contributed by atoms with Gasteiger partial charge in [-0.25, -0.2) is 9.78 Å². The number of aromatic amines is 1. The number of carbonyl (C=O) groups is 2.